The number of aryl methyl sites for hydroxylation is 1. The summed E-state index contributed by atoms with van der Waals surface area (Å²) < 4.78 is 7.27. The molecule has 19 heavy (non-hydrogen) atoms. The van der Waals surface area contributed by atoms with Crippen LogP contribution in [-0.4, -0.2) is 39.0 Å². The Morgan fingerprint density at radius 3 is 3.21 bits per heavy atom. The second-order valence-electron chi connectivity index (χ2n) is 4.79. The van der Waals surface area contributed by atoms with Crippen LogP contribution < -0.4 is 11.1 Å². The van der Waals surface area contributed by atoms with Crippen molar-refractivity contribution in [1.82, 2.24) is 19.7 Å². The lowest BCUT2D eigenvalue weighted by Crippen LogP contribution is -2.14. The third-order valence-electron chi connectivity index (χ3n) is 3.39. The number of hydrogen-bond acceptors (Lipinski definition) is 6. The minimum absolute atomic E-state index is 0.366. The van der Waals surface area contributed by atoms with E-state index < -0.39 is 0 Å². The summed E-state index contributed by atoms with van der Waals surface area (Å²) in [7, 11) is 1.84. The largest absolute Gasteiger partial charge is 0.383 e. The fourth-order valence-electron chi connectivity index (χ4n) is 2.34. The topological polar surface area (TPSA) is 90.9 Å². The van der Waals surface area contributed by atoms with Gasteiger partial charge in [-0.2, -0.15) is 15.1 Å². The number of nitrogens with zero attached hydrogens (tertiary/aromatic N) is 4. The van der Waals surface area contributed by atoms with Crippen LogP contribution in [0.3, 0.4) is 0 Å². The molecule has 0 saturated carbocycles. The molecule has 1 aliphatic rings. The highest BCUT2D eigenvalue weighted by Gasteiger charge is 2.15. The Morgan fingerprint density at radius 2 is 2.42 bits per heavy atom. The van der Waals surface area contributed by atoms with Crippen LogP contribution in [0.1, 0.15) is 19.3 Å². The van der Waals surface area contributed by atoms with Gasteiger partial charge in [-0.05, 0) is 19.3 Å². The van der Waals surface area contributed by atoms with Gasteiger partial charge in [0.15, 0.2) is 5.65 Å². The van der Waals surface area contributed by atoms with Crippen LogP contribution in [-0.2, 0) is 11.8 Å². The van der Waals surface area contributed by atoms with E-state index in [1.54, 1.807) is 10.9 Å². The molecule has 3 heterocycles. The zero-order valence-electron chi connectivity index (χ0n) is 11.0. The van der Waals surface area contributed by atoms with Crippen molar-refractivity contribution in [2.45, 2.75) is 25.4 Å². The van der Waals surface area contributed by atoms with Crippen LogP contribution in [0.15, 0.2) is 6.20 Å². The maximum Gasteiger partial charge on any atom is 0.226 e. The molecule has 0 bridgehead atoms. The highest BCUT2D eigenvalue weighted by atomic mass is 16.5. The fourth-order valence-corrected chi connectivity index (χ4v) is 2.34. The lowest BCUT2D eigenvalue weighted by Gasteiger charge is -2.10. The number of anilines is 2. The molecular weight excluding hydrogens is 244 g/mol. The third-order valence-corrected chi connectivity index (χ3v) is 3.39. The van der Waals surface area contributed by atoms with Gasteiger partial charge in [0.25, 0.3) is 0 Å². The summed E-state index contributed by atoms with van der Waals surface area (Å²) in [6, 6.07) is 0. The normalized spacial score (nSPS) is 19.1. The summed E-state index contributed by atoms with van der Waals surface area (Å²) in [4.78, 5) is 8.66. The first-order valence-electron chi connectivity index (χ1n) is 6.55. The predicted octanol–water partition coefficient (Wildman–Crippen LogP) is 0.926. The first kappa shape index (κ1) is 12.2. The lowest BCUT2D eigenvalue weighted by molar-refractivity contribution is 0.107. The summed E-state index contributed by atoms with van der Waals surface area (Å²) in [5.74, 6) is 1.00. The number of hydrogen-bond donors (Lipinski definition) is 2. The summed E-state index contributed by atoms with van der Waals surface area (Å²) in [5, 5.41) is 8.11. The molecule has 1 aliphatic heterocycles. The van der Waals surface area contributed by atoms with E-state index in [1.165, 1.54) is 0 Å². The van der Waals surface area contributed by atoms with Crippen molar-refractivity contribution < 1.29 is 4.74 Å². The van der Waals surface area contributed by atoms with Gasteiger partial charge >= 0.3 is 0 Å². The zero-order valence-corrected chi connectivity index (χ0v) is 11.0. The average Bonchev–Trinajstić information content (AvgIpc) is 3.01. The van der Waals surface area contributed by atoms with Crippen LogP contribution in [0.4, 0.5) is 11.8 Å². The molecule has 2 aromatic heterocycles. The first-order chi connectivity index (χ1) is 9.24. The molecular formula is C12H18N6O. The number of rotatable bonds is 4. The minimum atomic E-state index is 0.366. The molecule has 7 nitrogen and oxygen atoms in total. The Bertz CT molecular complexity index is 575. The van der Waals surface area contributed by atoms with Gasteiger partial charge in [-0.25, -0.2) is 0 Å². The molecule has 0 aromatic carbocycles. The number of aromatic nitrogens is 4. The van der Waals surface area contributed by atoms with E-state index in [4.69, 9.17) is 10.5 Å². The molecule has 3 rings (SSSR count). The lowest BCUT2D eigenvalue weighted by atomic mass is 10.2. The van der Waals surface area contributed by atoms with Crippen molar-refractivity contribution in [2.75, 3.05) is 24.2 Å². The Morgan fingerprint density at radius 1 is 1.53 bits per heavy atom. The van der Waals surface area contributed by atoms with Gasteiger partial charge in [-0.3, -0.25) is 4.68 Å². The monoisotopic (exact) mass is 262 g/mol. The zero-order chi connectivity index (χ0) is 13.2. The molecule has 7 heteroatoms. The van der Waals surface area contributed by atoms with Crippen molar-refractivity contribution in [3.05, 3.63) is 6.20 Å². The van der Waals surface area contributed by atoms with Gasteiger partial charge in [-0.15, -0.1) is 0 Å². The maximum absolute atomic E-state index is 5.90. The summed E-state index contributed by atoms with van der Waals surface area (Å²) in [5.41, 5.74) is 6.64. The van der Waals surface area contributed by atoms with Crippen LogP contribution >= 0.6 is 0 Å². The minimum Gasteiger partial charge on any atom is -0.383 e. The molecule has 0 amide bonds. The molecule has 0 aliphatic carbocycles. The van der Waals surface area contributed by atoms with Crippen molar-refractivity contribution >= 4 is 22.8 Å². The van der Waals surface area contributed by atoms with E-state index in [0.29, 0.717) is 17.9 Å². The molecule has 2 aromatic rings. The first-order valence-corrected chi connectivity index (χ1v) is 6.55. The maximum atomic E-state index is 5.90. The third kappa shape index (κ3) is 2.46. The Labute approximate surface area is 111 Å². The molecule has 0 spiro atoms. The molecule has 1 atom stereocenters. The summed E-state index contributed by atoms with van der Waals surface area (Å²) in [6.07, 6.45) is 5.32. The Hall–Kier alpha value is -1.89. The molecule has 1 unspecified atom stereocenters. The highest BCUT2D eigenvalue weighted by molar-refractivity contribution is 5.86. The quantitative estimate of drug-likeness (QED) is 0.851. The fraction of sp³-hybridized carbons (Fsp3) is 0.583. The molecule has 0 radical (unpaired) electrons. The van der Waals surface area contributed by atoms with E-state index in [-0.39, 0.29) is 0 Å². The van der Waals surface area contributed by atoms with Crippen LogP contribution in [0.25, 0.3) is 11.0 Å². The number of nitrogens with two attached hydrogens (primary N) is 1. The van der Waals surface area contributed by atoms with E-state index >= 15 is 0 Å². The molecule has 3 N–H and O–H groups in total. The van der Waals surface area contributed by atoms with E-state index in [0.717, 1.165) is 43.4 Å². The number of nitrogen functional groups attached to an aromatic ring is 1. The predicted molar refractivity (Wildman–Crippen MR) is 72.8 cm³/mol. The van der Waals surface area contributed by atoms with Crippen molar-refractivity contribution in [2.24, 2.45) is 7.05 Å². The van der Waals surface area contributed by atoms with Crippen LogP contribution in [0.5, 0.6) is 0 Å². The molecule has 1 saturated heterocycles. The van der Waals surface area contributed by atoms with Crippen LogP contribution in [0, 0.1) is 0 Å². The molecule has 102 valence electrons. The number of ether oxygens (including phenoxy) is 1. The SMILES string of the molecule is Cn1ncc2c(N)nc(NCCC3CCCO3)nc21. The van der Waals surface area contributed by atoms with Gasteiger partial charge in [0.1, 0.15) is 5.82 Å². The van der Waals surface area contributed by atoms with Crippen molar-refractivity contribution in [1.29, 1.82) is 0 Å². The van der Waals surface area contributed by atoms with Crippen molar-refractivity contribution in [3.8, 4) is 0 Å². The van der Waals surface area contributed by atoms with Gasteiger partial charge < -0.3 is 15.8 Å². The Balaban J connectivity index is 1.68. The van der Waals surface area contributed by atoms with E-state index in [2.05, 4.69) is 20.4 Å². The van der Waals surface area contributed by atoms with Gasteiger partial charge in [-0.1, -0.05) is 0 Å². The molecule has 1 fully saturated rings. The Kier molecular flexibility index (Phi) is 3.20. The smallest absolute Gasteiger partial charge is 0.226 e. The van der Waals surface area contributed by atoms with Gasteiger partial charge in [0.2, 0.25) is 5.95 Å². The van der Waals surface area contributed by atoms with Gasteiger partial charge in [0.05, 0.1) is 17.7 Å². The number of fused-ring (bicyclic) bond motifs is 1. The standard InChI is InChI=1S/C12H18N6O/c1-18-11-9(7-15-18)10(13)16-12(17-11)14-5-4-8-3-2-6-19-8/h7-8H,2-6H2,1H3,(H3,13,14,16,17). The van der Waals surface area contributed by atoms with E-state index in [9.17, 15) is 0 Å². The van der Waals surface area contributed by atoms with E-state index in [1.807, 2.05) is 7.05 Å². The van der Waals surface area contributed by atoms with Gasteiger partial charge in [0, 0.05) is 20.2 Å². The van der Waals surface area contributed by atoms with Crippen molar-refractivity contribution in [3.63, 3.8) is 0 Å². The second kappa shape index (κ2) is 5.00. The highest BCUT2D eigenvalue weighted by Crippen LogP contribution is 2.19. The summed E-state index contributed by atoms with van der Waals surface area (Å²) >= 11 is 0. The van der Waals surface area contributed by atoms with Crippen LogP contribution in [0.2, 0.25) is 0 Å². The second-order valence-corrected chi connectivity index (χ2v) is 4.79. The average molecular weight is 262 g/mol. The number of nitrogens with one attached hydrogen (secondary N) is 1. The summed E-state index contributed by atoms with van der Waals surface area (Å²) in [6.45, 7) is 1.67.